The molecule has 4 atom stereocenters. The number of aromatic nitrogens is 4. The minimum atomic E-state index is -2.51. The van der Waals surface area contributed by atoms with E-state index in [2.05, 4.69) is 61.8 Å². The number of carbonyl (C=O) groups excluding carboxylic acids is 3. The predicted molar refractivity (Wildman–Crippen MR) is 285 cm³/mol. The Balaban J connectivity index is 1.24. The minimum absolute atomic E-state index is 0.0132. The zero-order valence-corrected chi connectivity index (χ0v) is 45.5. The van der Waals surface area contributed by atoms with E-state index in [1.54, 1.807) is 18.8 Å². The van der Waals surface area contributed by atoms with Gasteiger partial charge in [0.05, 0.1) is 32.1 Å². The van der Waals surface area contributed by atoms with Crippen LogP contribution in [0.25, 0.3) is 11.2 Å². The highest BCUT2D eigenvalue weighted by Crippen LogP contribution is 2.46. The van der Waals surface area contributed by atoms with Gasteiger partial charge in [-0.25, -0.2) is 15.0 Å². The molecule has 0 spiro atoms. The molecule has 2 aromatic heterocycles. The molecule has 1 saturated heterocycles. The van der Waals surface area contributed by atoms with Crippen LogP contribution in [0.3, 0.4) is 0 Å². The third kappa shape index (κ3) is 12.8. The molecule has 7 rings (SSSR count). The average molecular weight is 1060 g/mol. The van der Waals surface area contributed by atoms with E-state index in [0.29, 0.717) is 36.4 Å². The number of amides is 1. The van der Waals surface area contributed by atoms with Gasteiger partial charge in [0.25, 0.3) is 5.69 Å². The van der Waals surface area contributed by atoms with Crippen molar-refractivity contribution in [1.82, 2.24) is 19.5 Å². The summed E-state index contributed by atoms with van der Waals surface area (Å²) in [7, 11) is 0.710. The Labute approximate surface area is 443 Å². The summed E-state index contributed by atoms with van der Waals surface area (Å²) < 4.78 is 53.1. The zero-order chi connectivity index (χ0) is 54.6. The first kappa shape index (κ1) is 56.6. The molecule has 6 aromatic rings. The summed E-state index contributed by atoms with van der Waals surface area (Å²) in [4.78, 5) is 63.2. The molecule has 0 aliphatic carbocycles. The standard InChI is InChI=1S/C56H68N6O13Si/c1-36(2)76(37(3)4,38(5)6)72-35-70-51-47(32-71-56(40-16-12-10-13-17-40,41-20-26-44(68-8)27-21-41)42-22-28-45(69-9)29-23-42)74-55(61-34-59-50-53(60-39(7)63)57-33-58-54(50)61)52(51)75-49(65)19-15-11-14-18-48(64)73-46-30-24-43(25-31-46)62(66)67/h10,12-13,16-17,20-31,33-34,36-38,47,51-52,55H,11,14-15,18-19,32,35H2,1-9H3,(H,57,58,60,63)/t47-,51-,52-,55-/m1/s1. The van der Waals surface area contributed by atoms with Crippen molar-refractivity contribution in [2.24, 2.45) is 0 Å². The molecule has 1 fully saturated rings. The number of rotatable bonds is 26. The van der Waals surface area contributed by atoms with E-state index in [1.807, 2.05) is 78.9 Å². The number of carbonyl (C=O) groups is 3. The van der Waals surface area contributed by atoms with Gasteiger partial charge in [-0.1, -0.05) is 103 Å². The molecule has 3 heterocycles. The van der Waals surface area contributed by atoms with Gasteiger partial charge in [0.1, 0.15) is 48.2 Å². The highest BCUT2D eigenvalue weighted by molar-refractivity contribution is 6.77. The Morgan fingerprint density at radius 2 is 1.30 bits per heavy atom. The quantitative estimate of drug-likeness (QED) is 0.00779. The van der Waals surface area contributed by atoms with Crippen molar-refractivity contribution < 1.29 is 56.9 Å². The van der Waals surface area contributed by atoms with Crippen molar-refractivity contribution in [3.8, 4) is 17.2 Å². The van der Waals surface area contributed by atoms with Gasteiger partial charge in [-0.05, 0) is 82.6 Å². The molecule has 0 saturated carbocycles. The van der Waals surface area contributed by atoms with E-state index < -0.39 is 55.3 Å². The third-order valence-corrected chi connectivity index (χ3v) is 20.0. The number of hydrogen-bond donors (Lipinski definition) is 1. The molecular weight excluding hydrogens is 993 g/mol. The summed E-state index contributed by atoms with van der Waals surface area (Å²) in [6.07, 6.45) is -0.0607. The number of nitrogens with one attached hydrogen (secondary N) is 1. The summed E-state index contributed by atoms with van der Waals surface area (Å²) in [6.45, 7) is 14.2. The smallest absolute Gasteiger partial charge is 0.311 e. The molecule has 19 nitrogen and oxygen atoms in total. The van der Waals surface area contributed by atoms with Crippen molar-refractivity contribution in [2.75, 3.05) is 32.9 Å². The number of benzene rings is 4. The fourth-order valence-electron chi connectivity index (χ4n) is 10.4. The Kier molecular flexibility index (Phi) is 19.1. The van der Waals surface area contributed by atoms with Gasteiger partial charge in [-0.15, -0.1) is 0 Å². The average Bonchev–Trinajstić information content (AvgIpc) is 3.99. The number of nitro groups is 1. The number of unbranched alkanes of at least 4 members (excludes halogenated alkanes) is 2. The van der Waals surface area contributed by atoms with Gasteiger partial charge < -0.3 is 42.9 Å². The van der Waals surface area contributed by atoms with Crippen LogP contribution < -0.4 is 19.5 Å². The van der Waals surface area contributed by atoms with Gasteiger partial charge in [-0.2, -0.15) is 0 Å². The number of methoxy groups -OCH3 is 2. The normalized spacial score (nSPS) is 16.8. The Morgan fingerprint density at radius 3 is 1.86 bits per heavy atom. The van der Waals surface area contributed by atoms with Crippen molar-refractivity contribution in [3.05, 3.63) is 143 Å². The molecule has 1 aliphatic heterocycles. The summed E-state index contributed by atoms with van der Waals surface area (Å²) >= 11 is 0. The van der Waals surface area contributed by atoms with Crippen LogP contribution in [0.1, 0.15) is 103 Å². The van der Waals surface area contributed by atoms with E-state index in [-0.39, 0.29) is 71.5 Å². The zero-order valence-electron chi connectivity index (χ0n) is 44.5. The van der Waals surface area contributed by atoms with Crippen LogP contribution in [-0.4, -0.2) is 96.5 Å². The molecule has 0 radical (unpaired) electrons. The van der Waals surface area contributed by atoms with Crippen LogP contribution in [0.2, 0.25) is 16.6 Å². The van der Waals surface area contributed by atoms with Crippen LogP contribution in [0.4, 0.5) is 11.5 Å². The van der Waals surface area contributed by atoms with Gasteiger partial charge >= 0.3 is 11.9 Å². The monoisotopic (exact) mass is 1060 g/mol. The summed E-state index contributed by atoms with van der Waals surface area (Å²) in [6, 6.07) is 30.4. The summed E-state index contributed by atoms with van der Waals surface area (Å²) in [5.41, 5.74) is 2.27. The number of ether oxygens (including phenoxy) is 7. The first-order valence-corrected chi connectivity index (χ1v) is 27.7. The lowest BCUT2D eigenvalue weighted by Crippen LogP contribution is -2.49. The van der Waals surface area contributed by atoms with Gasteiger partial charge in [0.15, 0.2) is 29.3 Å². The van der Waals surface area contributed by atoms with Crippen LogP contribution in [0.15, 0.2) is 116 Å². The number of imidazole rings is 1. The SMILES string of the molecule is COc1ccc(C(OC[C@H]2O[C@@H](n3cnc4c(NC(C)=O)ncnc43)[C@H](OC(=O)CCCCCC(=O)Oc3ccc([N+](=O)[O-])cc3)[C@@H]2OCO[Si](C(C)C)(C(C)C)C(C)C)(c2ccccc2)c2ccc(OC)cc2)cc1. The fraction of sp³-hybridized carbons (Fsp3) is 0.429. The second-order valence-electron chi connectivity index (χ2n) is 19.6. The van der Waals surface area contributed by atoms with E-state index in [4.69, 9.17) is 37.6 Å². The number of nitro benzene ring substituents is 1. The molecule has 4 aromatic carbocycles. The molecule has 76 heavy (non-hydrogen) atoms. The lowest BCUT2D eigenvalue weighted by Gasteiger charge is -2.42. The van der Waals surface area contributed by atoms with Crippen LogP contribution in [-0.2, 0) is 43.4 Å². The summed E-state index contributed by atoms with van der Waals surface area (Å²) in [5.74, 6) is 0.278. The molecule has 1 amide bonds. The van der Waals surface area contributed by atoms with E-state index >= 15 is 0 Å². The first-order chi connectivity index (χ1) is 36.5. The number of esters is 2. The maximum atomic E-state index is 14.2. The Bertz CT molecular complexity index is 2810. The molecular formula is C56H68N6O13Si. The number of fused-ring (bicyclic) bond motifs is 1. The van der Waals surface area contributed by atoms with Gasteiger partial charge in [0, 0.05) is 31.9 Å². The number of non-ortho nitro benzene ring substituents is 1. The lowest BCUT2D eigenvalue weighted by atomic mass is 9.80. The highest BCUT2D eigenvalue weighted by Gasteiger charge is 2.52. The van der Waals surface area contributed by atoms with Gasteiger partial charge in [-0.3, -0.25) is 29.1 Å². The largest absolute Gasteiger partial charge is 0.497 e. The van der Waals surface area contributed by atoms with Crippen LogP contribution in [0.5, 0.6) is 17.2 Å². The molecule has 0 bridgehead atoms. The third-order valence-electron chi connectivity index (χ3n) is 13.9. The van der Waals surface area contributed by atoms with Crippen molar-refractivity contribution in [1.29, 1.82) is 0 Å². The molecule has 404 valence electrons. The van der Waals surface area contributed by atoms with E-state index in [0.717, 1.165) is 16.7 Å². The number of hydrogen-bond acceptors (Lipinski definition) is 16. The van der Waals surface area contributed by atoms with E-state index in [9.17, 15) is 24.5 Å². The molecule has 1 aliphatic rings. The fourth-order valence-corrected chi connectivity index (χ4v) is 15.7. The lowest BCUT2D eigenvalue weighted by molar-refractivity contribution is -0.384. The second kappa shape index (κ2) is 25.6. The summed E-state index contributed by atoms with van der Waals surface area (Å²) in [5, 5.41) is 13.8. The first-order valence-electron chi connectivity index (χ1n) is 25.5. The second-order valence-corrected chi connectivity index (χ2v) is 25.0. The molecule has 20 heteroatoms. The number of nitrogens with zero attached hydrogens (tertiary/aromatic N) is 5. The van der Waals surface area contributed by atoms with E-state index in [1.165, 1.54) is 43.8 Å². The maximum absolute atomic E-state index is 14.2. The number of anilines is 1. The minimum Gasteiger partial charge on any atom is -0.497 e. The van der Waals surface area contributed by atoms with Crippen molar-refractivity contribution >= 4 is 48.8 Å². The molecule has 1 N–H and O–H groups in total. The predicted octanol–water partition coefficient (Wildman–Crippen LogP) is 10.6. The van der Waals surface area contributed by atoms with Gasteiger partial charge in [0.2, 0.25) is 14.2 Å². The van der Waals surface area contributed by atoms with Crippen LogP contribution >= 0.6 is 0 Å². The van der Waals surface area contributed by atoms with Crippen molar-refractivity contribution in [2.45, 2.75) is 127 Å². The van der Waals surface area contributed by atoms with Crippen LogP contribution in [0, 0.1) is 10.1 Å². The Morgan fingerprint density at radius 1 is 0.737 bits per heavy atom. The Hall–Kier alpha value is -7.10. The highest BCUT2D eigenvalue weighted by atomic mass is 28.4. The maximum Gasteiger partial charge on any atom is 0.311 e. The van der Waals surface area contributed by atoms with Crippen molar-refractivity contribution in [3.63, 3.8) is 0 Å². The topological polar surface area (TPSA) is 224 Å². The molecule has 0 unspecified atom stereocenters.